The Kier molecular flexibility index (Phi) is 7.43. The van der Waals surface area contributed by atoms with E-state index in [0.29, 0.717) is 31.1 Å². The van der Waals surface area contributed by atoms with Crippen molar-refractivity contribution in [1.82, 2.24) is 15.2 Å². The SMILES string of the molecule is CC(C)S(=O)(=O)c1ccc(CC(=O)NCC2CCN(C(=O)c3cccnc3)CC2)cc1. The first kappa shape index (κ1) is 22.9. The molecule has 31 heavy (non-hydrogen) atoms. The van der Waals surface area contributed by atoms with Crippen molar-refractivity contribution in [1.29, 1.82) is 0 Å². The van der Waals surface area contributed by atoms with Gasteiger partial charge >= 0.3 is 0 Å². The van der Waals surface area contributed by atoms with Crippen LogP contribution in [0, 0.1) is 5.92 Å². The third-order valence-electron chi connectivity index (χ3n) is 5.64. The molecule has 0 unspecified atom stereocenters. The lowest BCUT2D eigenvalue weighted by atomic mass is 9.96. The number of likely N-dealkylation sites (tertiary alicyclic amines) is 1. The average Bonchev–Trinajstić information content (AvgIpc) is 2.78. The van der Waals surface area contributed by atoms with Gasteiger partial charge in [-0.25, -0.2) is 8.42 Å². The molecule has 2 amide bonds. The molecule has 1 aromatic carbocycles. The summed E-state index contributed by atoms with van der Waals surface area (Å²) in [5.74, 6) is 0.243. The smallest absolute Gasteiger partial charge is 0.255 e. The summed E-state index contributed by atoms with van der Waals surface area (Å²) in [6.45, 7) is 5.21. The number of sulfone groups is 1. The van der Waals surface area contributed by atoms with Gasteiger partial charge in [0.05, 0.1) is 22.1 Å². The minimum absolute atomic E-state index is 0.00138. The summed E-state index contributed by atoms with van der Waals surface area (Å²) in [6.07, 6.45) is 5.12. The highest BCUT2D eigenvalue weighted by Gasteiger charge is 2.24. The van der Waals surface area contributed by atoms with E-state index in [0.717, 1.165) is 18.4 Å². The Morgan fingerprint density at radius 2 is 1.81 bits per heavy atom. The summed E-state index contributed by atoms with van der Waals surface area (Å²) in [5, 5.41) is 2.49. The van der Waals surface area contributed by atoms with Crippen LogP contribution < -0.4 is 5.32 Å². The molecule has 0 saturated carbocycles. The van der Waals surface area contributed by atoms with Gasteiger partial charge in [0.1, 0.15) is 0 Å². The van der Waals surface area contributed by atoms with Crippen LogP contribution in [0.15, 0.2) is 53.7 Å². The maximum Gasteiger partial charge on any atom is 0.255 e. The predicted molar refractivity (Wildman–Crippen MR) is 118 cm³/mol. The minimum Gasteiger partial charge on any atom is -0.356 e. The van der Waals surface area contributed by atoms with E-state index in [1.54, 1.807) is 62.6 Å². The van der Waals surface area contributed by atoms with E-state index < -0.39 is 15.1 Å². The lowest BCUT2D eigenvalue weighted by Crippen LogP contribution is -2.41. The lowest BCUT2D eigenvalue weighted by molar-refractivity contribution is -0.120. The number of benzene rings is 1. The second-order valence-electron chi connectivity index (χ2n) is 8.20. The molecular weight excluding hydrogens is 414 g/mol. The fourth-order valence-electron chi connectivity index (χ4n) is 3.59. The topological polar surface area (TPSA) is 96.4 Å². The first-order valence-corrected chi connectivity index (χ1v) is 12.1. The molecule has 1 aromatic heterocycles. The van der Waals surface area contributed by atoms with Gasteiger partial charge in [0.25, 0.3) is 5.91 Å². The number of hydrogen-bond acceptors (Lipinski definition) is 5. The molecule has 1 fully saturated rings. The van der Waals surface area contributed by atoms with Gasteiger partial charge in [-0.15, -0.1) is 0 Å². The van der Waals surface area contributed by atoms with Crippen LogP contribution in [0.5, 0.6) is 0 Å². The lowest BCUT2D eigenvalue weighted by Gasteiger charge is -2.32. The van der Waals surface area contributed by atoms with Crippen molar-refractivity contribution in [2.45, 2.75) is 43.3 Å². The summed E-state index contributed by atoms with van der Waals surface area (Å²) in [5.41, 5.74) is 1.37. The summed E-state index contributed by atoms with van der Waals surface area (Å²) in [7, 11) is -3.31. The summed E-state index contributed by atoms with van der Waals surface area (Å²) in [6, 6.07) is 10.0. The van der Waals surface area contributed by atoms with Gasteiger partial charge < -0.3 is 10.2 Å². The Morgan fingerprint density at radius 3 is 2.39 bits per heavy atom. The Balaban J connectivity index is 1.43. The van der Waals surface area contributed by atoms with Crippen molar-refractivity contribution < 1.29 is 18.0 Å². The highest BCUT2D eigenvalue weighted by molar-refractivity contribution is 7.92. The summed E-state index contributed by atoms with van der Waals surface area (Å²) < 4.78 is 24.4. The van der Waals surface area contributed by atoms with Crippen LogP contribution in [0.3, 0.4) is 0 Å². The summed E-state index contributed by atoms with van der Waals surface area (Å²) >= 11 is 0. The molecule has 0 spiro atoms. The Hall–Kier alpha value is -2.74. The molecule has 0 atom stereocenters. The zero-order valence-corrected chi connectivity index (χ0v) is 18.8. The molecule has 1 aliphatic heterocycles. The van der Waals surface area contributed by atoms with Crippen LogP contribution in [0.4, 0.5) is 0 Å². The predicted octanol–water partition coefficient (Wildman–Crippen LogP) is 2.47. The molecule has 0 aliphatic carbocycles. The van der Waals surface area contributed by atoms with E-state index in [2.05, 4.69) is 10.3 Å². The number of rotatable bonds is 7. The highest BCUT2D eigenvalue weighted by atomic mass is 32.2. The van der Waals surface area contributed by atoms with E-state index in [1.807, 2.05) is 4.90 Å². The van der Waals surface area contributed by atoms with Crippen molar-refractivity contribution in [2.24, 2.45) is 5.92 Å². The van der Waals surface area contributed by atoms with Gasteiger partial charge in [-0.1, -0.05) is 12.1 Å². The molecule has 1 aliphatic rings. The Bertz CT molecular complexity index is 997. The molecule has 1 saturated heterocycles. The Labute approximate surface area is 183 Å². The van der Waals surface area contributed by atoms with Gasteiger partial charge in [-0.3, -0.25) is 14.6 Å². The monoisotopic (exact) mass is 443 g/mol. The van der Waals surface area contributed by atoms with Crippen LogP contribution in [0.2, 0.25) is 0 Å². The molecule has 2 heterocycles. The molecular formula is C23H29N3O4S. The second kappa shape index (κ2) is 10.0. The second-order valence-corrected chi connectivity index (χ2v) is 10.7. The van der Waals surface area contributed by atoms with Crippen molar-refractivity contribution in [3.8, 4) is 0 Å². The number of carbonyl (C=O) groups excluding carboxylic acids is 2. The fourth-order valence-corrected chi connectivity index (χ4v) is 4.65. The van der Waals surface area contributed by atoms with Crippen LogP contribution in [0.25, 0.3) is 0 Å². The van der Waals surface area contributed by atoms with Crippen molar-refractivity contribution in [3.63, 3.8) is 0 Å². The van der Waals surface area contributed by atoms with Gasteiger partial charge in [-0.05, 0) is 62.4 Å². The first-order chi connectivity index (χ1) is 14.8. The fraction of sp³-hybridized carbons (Fsp3) is 0.435. The number of nitrogens with zero attached hydrogens (tertiary/aromatic N) is 2. The van der Waals surface area contributed by atoms with Crippen molar-refractivity contribution >= 4 is 21.7 Å². The third-order valence-corrected chi connectivity index (χ3v) is 7.81. The largest absolute Gasteiger partial charge is 0.356 e. The van der Waals surface area contributed by atoms with E-state index >= 15 is 0 Å². The maximum absolute atomic E-state index is 12.5. The first-order valence-electron chi connectivity index (χ1n) is 10.6. The van der Waals surface area contributed by atoms with Gasteiger partial charge in [0.2, 0.25) is 5.91 Å². The van der Waals surface area contributed by atoms with Crippen LogP contribution in [-0.2, 0) is 21.1 Å². The van der Waals surface area contributed by atoms with Gasteiger partial charge in [-0.2, -0.15) is 0 Å². The average molecular weight is 444 g/mol. The molecule has 8 heteroatoms. The maximum atomic E-state index is 12.5. The molecule has 0 radical (unpaired) electrons. The van der Waals surface area contributed by atoms with Gasteiger partial charge in [0.15, 0.2) is 9.84 Å². The number of amides is 2. The van der Waals surface area contributed by atoms with E-state index in [4.69, 9.17) is 0 Å². The van der Waals surface area contributed by atoms with E-state index in [1.165, 1.54) is 0 Å². The number of hydrogen-bond donors (Lipinski definition) is 1. The Morgan fingerprint density at radius 1 is 1.13 bits per heavy atom. The quantitative estimate of drug-likeness (QED) is 0.709. The highest BCUT2D eigenvalue weighted by Crippen LogP contribution is 2.19. The van der Waals surface area contributed by atoms with Gasteiger partial charge in [0, 0.05) is 32.0 Å². The van der Waals surface area contributed by atoms with E-state index in [-0.39, 0.29) is 23.1 Å². The number of aromatic nitrogens is 1. The number of piperidine rings is 1. The van der Waals surface area contributed by atoms with E-state index in [9.17, 15) is 18.0 Å². The van der Waals surface area contributed by atoms with Crippen molar-refractivity contribution in [2.75, 3.05) is 19.6 Å². The standard InChI is InChI=1S/C23H29N3O4S/c1-17(2)31(29,30)21-7-5-18(6-8-21)14-22(27)25-15-19-9-12-26(13-10-19)23(28)20-4-3-11-24-16-20/h3-8,11,16-17,19H,9-10,12-15H2,1-2H3,(H,25,27). The third kappa shape index (κ3) is 5.91. The zero-order chi connectivity index (χ0) is 22.4. The van der Waals surface area contributed by atoms with Crippen LogP contribution in [0.1, 0.15) is 42.6 Å². The van der Waals surface area contributed by atoms with Crippen LogP contribution >= 0.6 is 0 Å². The number of nitrogens with one attached hydrogen (secondary N) is 1. The molecule has 2 aromatic rings. The normalized spacial score (nSPS) is 15.1. The van der Waals surface area contributed by atoms with Crippen molar-refractivity contribution in [3.05, 3.63) is 59.9 Å². The molecule has 0 bridgehead atoms. The summed E-state index contributed by atoms with van der Waals surface area (Å²) in [4.78, 5) is 30.9. The zero-order valence-electron chi connectivity index (χ0n) is 18.0. The van der Waals surface area contributed by atoms with Crippen LogP contribution in [-0.4, -0.2) is 55.0 Å². The minimum atomic E-state index is -3.31. The molecule has 166 valence electrons. The molecule has 3 rings (SSSR count). The number of carbonyl (C=O) groups is 2. The molecule has 1 N–H and O–H groups in total. The molecule has 7 nitrogen and oxygen atoms in total. The number of pyridine rings is 1.